The summed E-state index contributed by atoms with van der Waals surface area (Å²) >= 11 is 0. The summed E-state index contributed by atoms with van der Waals surface area (Å²) in [6, 6.07) is 8.14. The first kappa shape index (κ1) is 15.8. The molecule has 0 aliphatic carbocycles. The van der Waals surface area contributed by atoms with Gasteiger partial charge in [0.15, 0.2) is 0 Å². The minimum absolute atomic E-state index is 0.0530. The van der Waals surface area contributed by atoms with E-state index >= 15 is 0 Å². The second kappa shape index (κ2) is 6.57. The van der Waals surface area contributed by atoms with E-state index in [2.05, 4.69) is 6.07 Å². The minimum atomic E-state index is 0.0530. The van der Waals surface area contributed by atoms with Gasteiger partial charge in [0.05, 0.1) is 0 Å². The molecule has 1 saturated heterocycles. The van der Waals surface area contributed by atoms with Crippen molar-refractivity contribution in [3.8, 4) is 0 Å². The quantitative estimate of drug-likeness (QED) is 0.802. The van der Waals surface area contributed by atoms with Crippen LogP contribution in [0.3, 0.4) is 0 Å². The number of likely N-dealkylation sites (tertiary alicyclic amines) is 1. The van der Waals surface area contributed by atoms with Crippen molar-refractivity contribution in [2.24, 2.45) is 0 Å². The van der Waals surface area contributed by atoms with Crippen LogP contribution >= 0.6 is 0 Å². The molecule has 1 aromatic rings. The largest absolute Gasteiger partial charge is 0.343 e. The molecule has 0 aromatic heterocycles. The number of anilines is 1. The number of allylic oxidation sites excluding steroid dienone is 1. The van der Waals surface area contributed by atoms with E-state index < -0.39 is 0 Å². The first-order valence-electron chi connectivity index (χ1n) is 8.39. The van der Waals surface area contributed by atoms with Crippen molar-refractivity contribution >= 4 is 17.5 Å². The number of carbonyl (C=O) groups excluding carboxylic acids is 2. The van der Waals surface area contributed by atoms with Crippen LogP contribution in [0.25, 0.3) is 0 Å². The molecule has 1 fully saturated rings. The van der Waals surface area contributed by atoms with Crippen molar-refractivity contribution < 1.29 is 9.59 Å². The van der Waals surface area contributed by atoms with Crippen LogP contribution < -0.4 is 4.90 Å². The van der Waals surface area contributed by atoms with Crippen LogP contribution in [-0.4, -0.2) is 36.3 Å². The molecular formula is C19H24N2O2. The van der Waals surface area contributed by atoms with Crippen LogP contribution in [0.4, 0.5) is 5.69 Å². The molecule has 3 rings (SSSR count). The molecule has 2 amide bonds. The Morgan fingerprint density at radius 2 is 2.09 bits per heavy atom. The molecule has 2 aliphatic rings. The van der Waals surface area contributed by atoms with Crippen molar-refractivity contribution in [3.63, 3.8) is 0 Å². The molecule has 122 valence electrons. The Bertz CT molecular complexity index is 647. The van der Waals surface area contributed by atoms with Gasteiger partial charge in [-0.15, -0.1) is 0 Å². The summed E-state index contributed by atoms with van der Waals surface area (Å²) in [5, 5.41) is 0. The fraction of sp³-hybridized carbons (Fsp3) is 0.474. The first-order valence-corrected chi connectivity index (χ1v) is 8.39. The van der Waals surface area contributed by atoms with E-state index in [1.54, 1.807) is 6.08 Å². The number of amides is 2. The van der Waals surface area contributed by atoms with E-state index in [9.17, 15) is 9.59 Å². The molecular weight excluding hydrogens is 288 g/mol. The molecule has 2 aliphatic heterocycles. The molecule has 23 heavy (non-hydrogen) atoms. The third-order valence-corrected chi connectivity index (χ3v) is 4.67. The summed E-state index contributed by atoms with van der Waals surface area (Å²) in [7, 11) is 0. The second-order valence-electron chi connectivity index (χ2n) is 6.70. The maximum Gasteiger partial charge on any atom is 0.250 e. The fourth-order valence-electron chi connectivity index (χ4n) is 3.53. The topological polar surface area (TPSA) is 40.6 Å². The van der Waals surface area contributed by atoms with E-state index in [1.807, 2.05) is 41.8 Å². The van der Waals surface area contributed by atoms with Gasteiger partial charge in [0, 0.05) is 43.7 Å². The standard InChI is InChI=1S/C19H24N2O2/c1-14(2)12-19(23)21-13-15(16-6-3-4-7-17(16)21)9-11-20-10-5-8-18(20)22/h3-4,6-7,12,15H,5,8-11,13H2,1-2H3/t15-/m1/s1. The van der Waals surface area contributed by atoms with Crippen LogP contribution in [-0.2, 0) is 9.59 Å². The average Bonchev–Trinajstić information content (AvgIpc) is 3.08. The predicted molar refractivity (Wildman–Crippen MR) is 91.4 cm³/mol. The number of hydrogen-bond donors (Lipinski definition) is 0. The van der Waals surface area contributed by atoms with Gasteiger partial charge >= 0.3 is 0 Å². The molecule has 2 heterocycles. The third-order valence-electron chi connectivity index (χ3n) is 4.67. The van der Waals surface area contributed by atoms with Crippen molar-refractivity contribution in [2.75, 3.05) is 24.5 Å². The van der Waals surface area contributed by atoms with Crippen LogP contribution in [0.5, 0.6) is 0 Å². The van der Waals surface area contributed by atoms with Gasteiger partial charge in [0.2, 0.25) is 5.91 Å². The molecule has 1 aromatic carbocycles. The third kappa shape index (κ3) is 3.31. The lowest BCUT2D eigenvalue weighted by molar-refractivity contribution is -0.127. The summed E-state index contributed by atoms with van der Waals surface area (Å²) in [6.07, 6.45) is 4.28. The second-order valence-corrected chi connectivity index (χ2v) is 6.70. The van der Waals surface area contributed by atoms with Crippen LogP contribution in [0.15, 0.2) is 35.9 Å². The van der Waals surface area contributed by atoms with Gasteiger partial charge in [-0.2, -0.15) is 0 Å². The molecule has 4 heteroatoms. The zero-order valence-corrected chi connectivity index (χ0v) is 13.9. The van der Waals surface area contributed by atoms with Gasteiger partial charge in [-0.1, -0.05) is 23.8 Å². The predicted octanol–water partition coefficient (Wildman–Crippen LogP) is 3.10. The molecule has 1 atom stereocenters. The lowest BCUT2D eigenvalue weighted by atomic mass is 9.98. The maximum absolute atomic E-state index is 12.5. The highest BCUT2D eigenvalue weighted by molar-refractivity contribution is 6.03. The number of fused-ring (bicyclic) bond motifs is 1. The highest BCUT2D eigenvalue weighted by Gasteiger charge is 2.32. The zero-order valence-electron chi connectivity index (χ0n) is 13.9. The van der Waals surface area contributed by atoms with E-state index in [0.29, 0.717) is 18.9 Å². The van der Waals surface area contributed by atoms with Gasteiger partial charge in [0.1, 0.15) is 0 Å². The van der Waals surface area contributed by atoms with Gasteiger partial charge in [-0.25, -0.2) is 0 Å². The summed E-state index contributed by atoms with van der Waals surface area (Å²) in [5.74, 6) is 0.639. The van der Waals surface area contributed by atoms with E-state index in [1.165, 1.54) is 5.56 Å². The number of carbonyl (C=O) groups is 2. The van der Waals surface area contributed by atoms with Gasteiger partial charge in [-0.3, -0.25) is 9.59 Å². The minimum Gasteiger partial charge on any atom is -0.343 e. The van der Waals surface area contributed by atoms with E-state index in [-0.39, 0.29) is 11.8 Å². The molecule has 0 N–H and O–H groups in total. The monoisotopic (exact) mass is 312 g/mol. The van der Waals surface area contributed by atoms with Crippen LogP contribution in [0, 0.1) is 0 Å². The number of hydrogen-bond acceptors (Lipinski definition) is 2. The summed E-state index contributed by atoms with van der Waals surface area (Å²) in [6.45, 7) is 6.27. The number of rotatable bonds is 4. The van der Waals surface area contributed by atoms with Crippen LogP contribution in [0.1, 0.15) is 44.6 Å². The van der Waals surface area contributed by atoms with Crippen molar-refractivity contribution in [1.82, 2.24) is 4.90 Å². The molecule has 0 bridgehead atoms. The lowest BCUT2D eigenvalue weighted by Gasteiger charge is -2.19. The maximum atomic E-state index is 12.5. The van der Waals surface area contributed by atoms with Crippen LogP contribution in [0.2, 0.25) is 0 Å². The summed E-state index contributed by atoms with van der Waals surface area (Å²) < 4.78 is 0. The van der Waals surface area contributed by atoms with Gasteiger partial charge in [-0.05, 0) is 38.3 Å². The van der Waals surface area contributed by atoms with Crippen molar-refractivity contribution in [1.29, 1.82) is 0 Å². The Labute approximate surface area is 137 Å². The number of para-hydroxylation sites is 1. The molecule has 0 radical (unpaired) electrons. The Morgan fingerprint density at radius 3 is 2.78 bits per heavy atom. The average molecular weight is 312 g/mol. The fourth-order valence-corrected chi connectivity index (χ4v) is 3.53. The number of benzene rings is 1. The normalized spacial score (nSPS) is 19.9. The Morgan fingerprint density at radius 1 is 1.30 bits per heavy atom. The molecule has 0 saturated carbocycles. The highest BCUT2D eigenvalue weighted by atomic mass is 16.2. The Hall–Kier alpha value is -2.10. The molecule has 0 unspecified atom stereocenters. The highest BCUT2D eigenvalue weighted by Crippen LogP contribution is 2.38. The van der Waals surface area contributed by atoms with E-state index in [0.717, 1.165) is 37.2 Å². The molecule has 4 nitrogen and oxygen atoms in total. The zero-order chi connectivity index (χ0) is 16.4. The molecule has 0 spiro atoms. The number of nitrogens with zero attached hydrogens (tertiary/aromatic N) is 2. The van der Waals surface area contributed by atoms with Crippen molar-refractivity contribution in [3.05, 3.63) is 41.5 Å². The Kier molecular flexibility index (Phi) is 4.51. The smallest absolute Gasteiger partial charge is 0.250 e. The summed E-state index contributed by atoms with van der Waals surface area (Å²) in [5.41, 5.74) is 3.26. The lowest BCUT2D eigenvalue weighted by Crippen LogP contribution is -2.30. The van der Waals surface area contributed by atoms with E-state index in [4.69, 9.17) is 0 Å². The van der Waals surface area contributed by atoms with Gasteiger partial charge < -0.3 is 9.80 Å². The van der Waals surface area contributed by atoms with Gasteiger partial charge in [0.25, 0.3) is 5.91 Å². The SMILES string of the molecule is CC(C)=CC(=O)N1C[C@@H](CCN2CCCC2=O)c2ccccc21. The summed E-state index contributed by atoms with van der Waals surface area (Å²) in [4.78, 5) is 28.1. The van der Waals surface area contributed by atoms with Crippen molar-refractivity contribution in [2.45, 2.75) is 39.0 Å². The Balaban J connectivity index is 1.74. The first-order chi connectivity index (χ1) is 11.1.